The Labute approximate surface area is 96.1 Å². The number of hydrogen-bond donors (Lipinski definition) is 0. The lowest BCUT2D eigenvalue weighted by atomic mass is 10.0. The molecule has 1 rings (SSSR count). The van der Waals surface area contributed by atoms with Crippen LogP contribution in [-0.4, -0.2) is 22.5 Å². The predicted octanol–water partition coefficient (Wildman–Crippen LogP) is 2.56. The van der Waals surface area contributed by atoms with Gasteiger partial charge in [-0.2, -0.15) is 0 Å². The summed E-state index contributed by atoms with van der Waals surface area (Å²) in [5.74, 6) is 0.669. The molecular weight excluding hydrogens is 204 g/mol. The van der Waals surface area contributed by atoms with Crippen LogP contribution >= 0.6 is 0 Å². The molecule has 0 bridgehead atoms. The second-order valence-electron chi connectivity index (χ2n) is 3.53. The molecule has 0 aromatic carbocycles. The summed E-state index contributed by atoms with van der Waals surface area (Å²) in [5.41, 5.74) is 0.346. The fourth-order valence-corrected chi connectivity index (χ4v) is 1.54. The summed E-state index contributed by atoms with van der Waals surface area (Å²) >= 11 is 0. The molecule has 1 aromatic rings. The van der Waals surface area contributed by atoms with Crippen molar-refractivity contribution in [2.75, 3.05) is 6.61 Å². The molecule has 4 heteroatoms. The summed E-state index contributed by atoms with van der Waals surface area (Å²) in [6.07, 6.45) is 3.57. The van der Waals surface area contributed by atoms with Crippen LogP contribution in [0.1, 0.15) is 55.8 Å². The molecule has 0 aliphatic rings. The van der Waals surface area contributed by atoms with E-state index >= 15 is 0 Å². The minimum Gasteiger partial charge on any atom is -0.461 e. The van der Waals surface area contributed by atoms with Crippen molar-refractivity contribution >= 4 is 5.97 Å². The molecule has 0 unspecified atom stereocenters. The van der Waals surface area contributed by atoms with Gasteiger partial charge in [0.25, 0.3) is 0 Å². The van der Waals surface area contributed by atoms with Gasteiger partial charge in [0.2, 0.25) is 0 Å². The number of rotatable bonds is 5. The minimum atomic E-state index is -0.378. The number of nitrogens with zero attached hydrogens (tertiary/aromatic N) is 2. The second-order valence-corrected chi connectivity index (χ2v) is 3.53. The van der Waals surface area contributed by atoms with Crippen molar-refractivity contribution in [3.63, 3.8) is 0 Å². The molecule has 1 heterocycles. The lowest BCUT2D eigenvalue weighted by Crippen LogP contribution is -2.11. The summed E-state index contributed by atoms with van der Waals surface area (Å²) < 4.78 is 4.90. The maximum absolute atomic E-state index is 11.5. The van der Waals surface area contributed by atoms with Crippen LogP contribution in [0.25, 0.3) is 0 Å². The van der Waals surface area contributed by atoms with Gasteiger partial charge in [-0.25, -0.2) is 14.8 Å². The summed E-state index contributed by atoms with van der Waals surface area (Å²) in [6, 6.07) is 1.59. The monoisotopic (exact) mass is 222 g/mol. The fourth-order valence-electron chi connectivity index (χ4n) is 1.54. The van der Waals surface area contributed by atoms with Gasteiger partial charge in [0, 0.05) is 12.1 Å². The molecule has 0 N–H and O–H groups in total. The Balaban J connectivity index is 2.89. The average molecular weight is 222 g/mol. The maximum Gasteiger partial charge on any atom is 0.357 e. The van der Waals surface area contributed by atoms with Crippen molar-refractivity contribution in [1.82, 2.24) is 9.97 Å². The molecule has 0 aliphatic heterocycles. The molecule has 0 atom stereocenters. The molecular formula is C12H18N2O2. The summed E-state index contributed by atoms with van der Waals surface area (Å²) in [6.45, 7) is 6.33. The second kappa shape index (κ2) is 6.20. The lowest BCUT2D eigenvalue weighted by Gasteiger charge is -2.10. The summed E-state index contributed by atoms with van der Waals surface area (Å²) in [7, 11) is 0. The highest BCUT2D eigenvalue weighted by molar-refractivity contribution is 5.87. The van der Waals surface area contributed by atoms with E-state index in [-0.39, 0.29) is 5.97 Å². The van der Waals surface area contributed by atoms with Gasteiger partial charge in [-0.3, -0.25) is 0 Å². The van der Waals surface area contributed by atoms with E-state index in [1.54, 1.807) is 19.2 Å². The van der Waals surface area contributed by atoms with Crippen molar-refractivity contribution in [2.24, 2.45) is 0 Å². The Morgan fingerprint density at radius 3 is 2.62 bits per heavy atom. The average Bonchev–Trinajstić information content (AvgIpc) is 2.31. The molecule has 0 aliphatic carbocycles. The van der Waals surface area contributed by atoms with Crippen molar-refractivity contribution in [1.29, 1.82) is 0 Å². The molecule has 0 fully saturated rings. The maximum atomic E-state index is 11.5. The van der Waals surface area contributed by atoms with E-state index in [1.807, 2.05) is 0 Å². The normalized spacial score (nSPS) is 10.5. The van der Waals surface area contributed by atoms with E-state index < -0.39 is 0 Å². The van der Waals surface area contributed by atoms with Gasteiger partial charge in [-0.1, -0.05) is 13.8 Å². The van der Waals surface area contributed by atoms with Crippen LogP contribution < -0.4 is 0 Å². The SMILES string of the molecule is CCOC(=O)c1ccnc(C(CC)CC)n1. The van der Waals surface area contributed by atoms with Gasteiger partial charge in [0.05, 0.1) is 6.61 Å². The van der Waals surface area contributed by atoms with E-state index in [0.717, 1.165) is 18.7 Å². The molecule has 16 heavy (non-hydrogen) atoms. The fraction of sp³-hybridized carbons (Fsp3) is 0.583. The first-order chi connectivity index (χ1) is 7.72. The van der Waals surface area contributed by atoms with Crippen LogP contribution in [0.15, 0.2) is 12.3 Å². The van der Waals surface area contributed by atoms with Crippen molar-refractivity contribution in [3.05, 3.63) is 23.8 Å². The summed E-state index contributed by atoms with van der Waals surface area (Å²) in [4.78, 5) is 19.9. The Morgan fingerprint density at radius 2 is 2.06 bits per heavy atom. The van der Waals surface area contributed by atoms with Crippen LogP contribution in [0.4, 0.5) is 0 Å². The zero-order valence-electron chi connectivity index (χ0n) is 10.1. The molecule has 0 radical (unpaired) electrons. The quantitative estimate of drug-likeness (QED) is 0.718. The van der Waals surface area contributed by atoms with E-state index in [9.17, 15) is 4.79 Å². The Kier molecular flexibility index (Phi) is 4.89. The van der Waals surface area contributed by atoms with E-state index in [4.69, 9.17) is 4.74 Å². The summed E-state index contributed by atoms with van der Waals surface area (Å²) in [5, 5.41) is 0. The van der Waals surface area contributed by atoms with Crippen LogP contribution in [0.2, 0.25) is 0 Å². The van der Waals surface area contributed by atoms with E-state index in [0.29, 0.717) is 18.2 Å². The molecule has 0 saturated carbocycles. The first kappa shape index (κ1) is 12.6. The largest absolute Gasteiger partial charge is 0.461 e. The first-order valence-electron chi connectivity index (χ1n) is 5.72. The minimum absolute atomic E-state index is 0.314. The highest BCUT2D eigenvalue weighted by Crippen LogP contribution is 2.18. The third kappa shape index (κ3) is 3.02. The van der Waals surface area contributed by atoms with Gasteiger partial charge in [0.15, 0.2) is 5.69 Å². The molecule has 4 nitrogen and oxygen atoms in total. The van der Waals surface area contributed by atoms with E-state index in [1.165, 1.54) is 0 Å². The lowest BCUT2D eigenvalue weighted by molar-refractivity contribution is 0.0518. The van der Waals surface area contributed by atoms with Gasteiger partial charge in [-0.05, 0) is 25.8 Å². The number of esters is 1. The zero-order valence-corrected chi connectivity index (χ0v) is 10.1. The Bertz CT molecular complexity index is 349. The topological polar surface area (TPSA) is 52.1 Å². The van der Waals surface area contributed by atoms with Crippen LogP contribution in [-0.2, 0) is 4.74 Å². The number of carbonyl (C=O) groups is 1. The van der Waals surface area contributed by atoms with Crippen molar-refractivity contribution < 1.29 is 9.53 Å². The van der Waals surface area contributed by atoms with Gasteiger partial charge in [0.1, 0.15) is 5.82 Å². The van der Waals surface area contributed by atoms with E-state index in [2.05, 4.69) is 23.8 Å². The predicted molar refractivity (Wildman–Crippen MR) is 61.3 cm³/mol. The number of ether oxygens (including phenoxy) is 1. The zero-order chi connectivity index (χ0) is 12.0. The van der Waals surface area contributed by atoms with Crippen LogP contribution in [0.5, 0.6) is 0 Å². The number of hydrogen-bond acceptors (Lipinski definition) is 4. The van der Waals surface area contributed by atoms with Crippen LogP contribution in [0.3, 0.4) is 0 Å². The molecule has 0 spiro atoms. The number of aromatic nitrogens is 2. The Morgan fingerprint density at radius 1 is 1.38 bits per heavy atom. The van der Waals surface area contributed by atoms with Gasteiger partial charge in [-0.15, -0.1) is 0 Å². The molecule has 1 aromatic heterocycles. The third-order valence-electron chi connectivity index (χ3n) is 2.51. The Hall–Kier alpha value is -1.45. The third-order valence-corrected chi connectivity index (χ3v) is 2.51. The molecule has 0 saturated heterocycles. The molecule has 0 amide bonds. The van der Waals surface area contributed by atoms with Crippen molar-refractivity contribution in [2.45, 2.75) is 39.5 Å². The molecule has 88 valence electrons. The van der Waals surface area contributed by atoms with Gasteiger partial charge >= 0.3 is 5.97 Å². The number of carbonyl (C=O) groups excluding carboxylic acids is 1. The van der Waals surface area contributed by atoms with Gasteiger partial charge < -0.3 is 4.74 Å². The van der Waals surface area contributed by atoms with Crippen molar-refractivity contribution in [3.8, 4) is 0 Å². The van der Waals surface area contributed by atoms with Crippen LogP contribution in [0, 0.1) is 0 Å². The first-order valence-corrected chi connectivity index (χ1v) is 5.72. The highest BCUT2D eigenvalue weighted by atomic mass is 16.5. The standard InChI is InChI=1S/C12H18N2O2/c1-4-9(5-2)11-13-8-7-10(14-11)12(15)16-6-3/h7-9H,4-6H2,1-3H3. The highest BCUT2D eigenvalue weighted by Gasteiger charge is 2.14. The smallest absolute Gasteiger partial charge is 0.357 e.